The first-order valence-electron chi connectivity index (χ1n) is 9.04. The molecule has 0 saturated carbocycles. The molecule has 0 spiro atoms. The standard InChI is InChI=1S/C19H19N5O3S/c25-16-7-6-14(24(16)10-8-13-4-2-1-3-5-13)18-22-15(23-27-18)12-21-17(26)19-20-9-11-28-19/h1-5,9,11,14H,6-8,10,12H2,(H,21,26)/t14-/m0/s1. The molecular weight excluding hydrogens is 378 g/mol. The van der Waals surface area contributed by atoms with E-state index in [0.717, 1.165) is 6.42 Å². The van der Waals surface area contributed by atoms with Crippen LogP contribution in [0.15, 0.2) is 46.4 Å². The Morgan fingerprint density at radius 2 is 2.18 bits per heavy atom. The van der Waals surface area contributed by atoms with Gasteiger partial charge in [-0.1, -0.05) is 35.5 Å². The summed E-state index contributed by atoms with van der Waals surface area (Å²) in [7, 11) is 0. The largest absolute Gasteiger partial charge is 0.343 e. The van der Waals surface area contributed by atoms with Gasteiger partial charge in [-0.3, -0.25) is 9.59 Å². The lowest BCUT2D eigenvalue weighted by Gasteiger charge is -2.21. The number of benzene rings is 1. The molecule has 8 nitrogen and oxygen atoms in total. The maximum Gasteiger partial charge on any atom is 0.280 e. The monoisotopic (exact) mass is 397 g/mol. The van der Waals surface area contributed by atoms with Crippen molar-refractivity contribution in [1.29, 1.82) is 0 Å². The predicted molar refractivity (Wildman–Crippen MR) is 101 cm³/mol. The fourth-order valence-electron chi connectivity index (χ4n) is 3.21. The Kier molecular flexibility index (Phi) is 5.43. The first-order valence-corrected chi connectivity index (χ1v) is 9.92. The second kappa shape index (κ2) is 8.30. The molecule has 0 radical (unpaired) electrons. The van der Waals surface area contributed by atoms with E-state index >= 15 is 0 Å². The fraction of sp³-hybridized carbons (Fsp3) is 0.316. The zero-order chi connectivity index (χ0) is 19.3. The summed E-state index contributed by atoms with van der Waals surface area (Å²) >= 11 is 1.26. The molecule has 2 amide bonds. The van der Waals surface area contributed by atoms with Crippen molar-refractivity contribution in [1.82, 2.24) is 25.3 Å². The van der Waals surface area contributed by atoms with Crippen LogP contribution in [0.3, 0.4) is 0 Å². The van der Waals surface area contributed by atoms with E-state index in [0.29, 0.717) is 36.1 Å². The van der Waals surface area contributed by atoms with E-state index in [-0.39, 0.29) is 24.4 Å². The number of rotatable bonds is 7. The molecule has 1 aliphatic heterocycles. The maximum atomic E-state index is 12.3. The van der Waals surface area contributed by atoms with Gasteiger partial charge in [0.25, 0.3) is 5.91 Å². The Morgan fingerprint density at radius 3 is 2.96 bits per heavy atom. The van der Waals surface area contributed by atoms with Crippen LogP contribution in [0.4, 0.5) is 0 Å². The number of likely N-dealkylation sites (tertiary alicyclic amines) is 1. The average molecular weight is 397 g/mol. The Bertz CT molecular complexity index is 942. The first kappa shape index (κ1) is 18.3. The van der Waals surface area contributed by atoms with Crippen LogP contribution in [0, 0.1) is 0 Å². The third kappa shape index (κ3) is 4.09. The highest BCUT2D eigenvalue weighted by Crippen LogP contribution is 2.31. The third-order valence-corrected chi connectivity index (χ3v) is 5.39. The SMILES string of the molecule is O=C(NCc1noc([C@@H]2CCC(=O)N2CCc2ccccc2)n1)c1nccs1. The van der Waals surface area contributed by atoms with Gasteiger partial charge in [0.1, 0.15) is 6.04 Å². The van der Waals surface area contributed by atoms with Crippen LogP contribution >= 0.6 is 11.3 Å². The van der Waals surface area contributed by atoms with Gasteiger partial charge < -0.3 is 14.7 Å². The zero-order valence-electron chi connectivity index (χ0n) is 15.1. The van der Waals surface area contributed by atoms with E-state index in [4.69, 9.17) is 4.52 Å². The summed E-state index contributed by atoms with van der Waals surface area (Å²) < 4.78 is 5.38. The minimum absolute atomic E-state index is 0.0951. The zero-order valence-corrected chi connectivity index (χ0v) is 15.9. The summed E-state index contributed by atoms with van der Waals surface area (Å²) in [5, 5.41) is 8.78. The van der Waals surface area contributed by atoms with E-state index in [1.807, 2.05) is 30.3 Å². The third-order valence-electron chi connectivity index (χ3n) is 4.61. The van der Waals surface area contributed by atoms with Gasteiger partial charge in [-0.15, -0.1) is 11.3 Å². The summed E-state index contributed by atoms with van der Waals surface area (Å²) in [6.45, 7) is 0.749. The number of amides is 2. The Hall–Kier alpha value is -3.07. The second-order valence-corrected chi connectivity index (χ2v) is 7.34. The normalized spacial score (nSPS) is 16.5. The fourth-order valence-corrected chi connectivity index (χ4v) is 3.76. The minimum atomic E-state index is -0.276. The van der Waals surface area contributed by atoms with Crippen LogP contribution in [-0.4, -0.2) is 38.4 Å². The highest BCUT2D eigenvalue weighted by atomic mass is 32.1. The van der Waals surface area contributed by atoms with Crippen molar-refractivity contribution in [3.63, 3.8) is 0 Å². The number of thiazole rings is 1. The van der Waals surface area contributed by atoms with Crippen LogP contribution in [0.5, 0.6) is 0 Å². The quantitative estimate of drug-likeness (QED) is 0.657. The summed E-state index contributed by atoms with van der Waals surface area (Å²) in [5.41, 5.74) is 1.18. The van der Waals surface area contributed by atoms with Gasteiger partial charge in [-0.2, -0.15) is 4.98 Å². The number of carbonyl (C=O) groups is 2. The predicted octanol–water partition coefficient (Wildman–Crippen LogP) is 2.36. The number of nitrogens with zero attached hydrogens (tertiary/aromatic N) is 4. The maximum absolute atomic E-state index is 12.3. The number of hydrogen-bond acceptors (Lipinski definition) is 7. The molecule has 1 atom stereocenters. The molecule has 1 N–H and O–H groups in total. The molecule has 3 heterocycles. The summed E-state index contributed by atoms with van der Waals surface area (Å²) in [6.07, 6.45) is 3.47. The van der Waals surface area contributed by atoms with Gasteiger partial charge in [0.05, 0.1) is 6.54 Å². The minimum Gasteiger partial charge on any atom is -0.343 e. The molecule has 2 aromatic heterocycles. The second-order valence-electron chi connectivity index (χ2n) is 6.45. The first-order chi connectivity index (χ1) is 13.7. The molecule has 144 valence electrons. The molecule has 0 bridgehead atoms. The van der Waals surface area contributed by atoms with Gasteiger partial charge in [0.2, 0.25) is 11.8 Å². The van der Waals surface area contributed by atoms with Crippen LogP contribution in [0.1, 0.15) is 46.0 Å². The van der Waals surface area contributed by atoms with Crippen molar-refractivity contribution in [3.8, 4) is 0 Å². The highest BCUT2D eigenvalue weighted by Gasteiger charge is 2.35. The van der Waals surface area contributed by atoms with Crippen molar-refractivity contribution >= 4 is 23.2 Å². The van der Waals surface area contributed by atoms with Gasteiger partial charge in [-0.25, -0.2) is 4.98 Å². The number of aromatic nitrogens is 3. The van der Waals surface area contributed by atoms with Gasteiger partial charge in [-0.05, 0) is 18.4 Å². The van der Waals surface area contributed by atoms with Crippen LogP contribution in [0.25, 0.3) is 0 Å². The van der Waals surface area contributed by atoms with Gasteiger partial charge >= 0.3 is 0 Å². The average Bonchev–Trinajstić information content (AvgIpc) is 3.46. The lowest BCUT2D eigenvalue weighted by Crippen LogP contribution is -2.30. The molecule has 1 aromatic carbocycles. The van der Waals surface area contributed by atoms with Crippen LogP contribution in [0.2, 0.25) is 0 Å². The number of nitrogens with one attached hydrogen (secondary N) is 1. The topological polar surface area (TPSA) is 101 Å². The smallest absolute Gasteiger partial charge is 0.280 e. The molecule has 1 saturated heterocycles. The van der Waals surface area contributed by atoms with Gasteiger partial charge in [0, 0.05) is 24.5 Å². The number of hydrogen-bond donors (Lipinski definition) is 1. The molecule has 4 rings (SSSR count). The van der Waals surface area contributed by atoms with Crippen LogP contribution < -0.4 is 5.32 Å². The van der Waals surface area contributed by atoms with E-state index in [1.165, 1.54) is 16.9 Å². The molecule has 0 aliphatic carbocycles. The van der Waals surface area contributed by atoms with E-state index in [1.54, 1.807) is 16.5 Å². The van der Waals surface area contributed by atoms with E-state index in [2.05, 4.69) is 20.4 Å². The molecule has 9 heteroatoms. The lowest BCUT2D eigenvalue weighted by atomic mass is 10.1. The molecule has 1 fully saturated rings. The van der Waals surface area contributed by atoms with Crippen molar-refractivity contribution in [2.24, 2.45) is 0 Å². The molecule has 3 aromatic rings. The summed E-state index contributed by atoms with van der Waals surface area (Å²) in [4.78, 5) is 34.4. The highest BCUT2D eigenvalue weighted by molar-refractivity contribution is 7.11. The van der Waals surface area contributed by atoms with Crippen molar-refractivity contribution in [3.05, 3.63) is 64.2 Å². The molecule has 28 heavy (non-hydrogen) atoms. The Balaban J connectivity index is 1.37. The van der Waals surface area contributed by atoms with E-state index < -0.39 is 0 Å². The molecule has 1 aliphatic rings. The Labute approximate surface area is 165 Å². The Morgan fingerprint density at radius 1 is 1.32 bits per heavy atom. The molecular formula is C19H19N5O3S. The summed E-state index contributed by atoms with van der Waals surface area (Å²) in [5.74, 6) is 0.610. The van der Waals surface area contributed by atoms with Crippen LogP contribution in [-0.2, 0) is 17.8 Å². The molecule has 0 unspecified atom stereocenters. The van der Waals surface area contributed by atoms with Crippen molar-refractivity contribution in [2.45, 2.75) is 31.8 Å². The van der Waals surface area contributed by atoms with E-state index in [9.17, 15) is 9.59 Å². The summed E-state index contributed by atoms with van der Waals surface area (Å²) in [6, 6.07) is 9.83. The van der Waals surface area contributed by atoms with Gasteiger partial charge in [0.15, 0.2) is 10.8 Å². The van der Waals surface area contributed by atoms with Crippen molar-refractivity contribution in [2.75, 3.05) is 6.54 Å². The lowest BCUT2D eigenvalue weighted by molar-refractivity contribution is -0.129. The number of carbonyl (C=O) groups excluding carboxylic acids is 2. The van der Waals surface area contributed by atoms with Crippen molar-refractivity contribution < 1.29 is 14.1 Å².